The minimum atomic E-state index is -0.950. The highest BCUT2D eigenvalue weighted by atomic mass is 16.5. The van der Waals surface area contributed by atoms with E-state index in [2.05, 4.69) is 15.3 Å². The van der Waals surface area contributed by atoms with Gasteiger partial charge in [-0.15, -0.1) is 0 Å². The summed E-state index contributed by atoms with van der Waals surface area (Å²) >= 11 is 0. The lowest BCUT2D eigenvalue weighted by molar-refractivity contribution is -0.131. The Morgan fingerprint density at radius 2 is 2.35 bits per heavy atom. The number of methoxy groups -OCH3 is 1. The van der Waals surface area contributed by atoms with Crippen LogP contribution in [-0.4, -0.2) is 41.3 Å². The second-order valence-corrected chi connectivity index (χ2v) is 5.15. The van der Waals surface area contributed by atoms with Gasteiger partial charge in [0, 0.05) is 26.3 Å². The van der Waals surface area contributed by atoms with Crippen molar-refractivity contribution in [1.29, 1.82) is 0 Å². The van der Waals surface area contributed by atoms with Gasteiger partial charge in [0.25, 0.3) is 0 Å². The van der Waals surface area contributed by atoms with Gasteiger partial charge in [0.2, 0.25) is 0 Å². The van der Waals surface area contributed by atoms with E-state index in [1.807, 2.05) is 12.2 Å². The topological polar surface area (TPSA) is 84.3 Å². The lowest BCUT2D eigenvalue weighted by Gasteiger charge is -2.12. The normalized spacial score (nSPS) is 14.5. The predicted octanol–water partition coefficient (Wildman–Crippen LogP) is 2.67. The monoisotopic (exact) mass is 315 g/mol. The molecule has 1 heterocycles. The summed E-state index contributed by atoms with van der Waals surface area (Å²) in [6, 6.07) is 0. The van der Waals surface area contributed by atoms with Crippen LogP contribution >= 0.6 is 0 Å². The lowest BCUT2D eigenvalue weighted by atomic mass is 9.97. The summed E-state index contributed by atoms with van der Waals surface area (Å²) in [5.41, 5.74) is 2.76. The molecular formula is C17H21N3O3. The molecule has 0 fully saturated rings. The maximum Gasteiger partial charge on any atom is 0.328 e. The number of carbonyl (C=O) groups is 1. The van der Waals surface area contributed by atoms with Crippen molar-refractivity contribution in [2.75, 3.05) is 25.6 Å². The molecule has 0 saturated heterocycles. The van der Waals surface area contributed by atoms with Gasteiger partial charge in [-0.05, 0) is 42.6 Å². The Morgan fingerprint density at radius 3 is 3.13 bits per heavy atom. The number of rotatable bonds is 8. The molecule has 1 aliphatic rings. The minimum absolute atomic E-state index is 0.704. The molecule has 0 aromatic carbocycles. The summed E-state index contributed by atoms with van der Waals surface area (Å²) in [5.74, 6) is -0.217. The molecule has 2 rings (SSSR count). The van der Waals surface area contributed by atoms with Crippen LogP contribution in [0.1, 0.15) is 25.0 Å². The number of carboxylic acids is 1. The van der Waals surface area contributed by atoms with Crippen molar-refractivity contribution in [2.45, 2.75) is 19.3 Å². The Hall–Kier alpha value is -2.47. The number of aromatic nitrogens is 2. The van der Waals surface area contributed by atoms with Crippen molar-refractivity contribution in [3.8, 4) is 0 Å². The van der Waals surface area contributed by atoms with Crippen molar-refractivity contribution >= 4 is 17.4 Å². The van der Waals surface area contributed by atoms with Gasteiger partial charge in [-0.3, -0.25) is 4.98 Å². The van der Waals surface area contributed by atoms with E-state index < -0.39 is 5.97 Å². The van der Waals surface area contributed by atoms with E-state index >= 15 is 0 Å². The zero-order chi connectivity index (χ0) is 16.5. The maximum atomic E-state index is 10.6. The number of ether oxygens (including phenoxy) is 1. The molecule has 6 heteroatoms. The van der Waals surface area contributed by atoms with Gasteiger partial charge in [0.05, 0.1) is 18.1 Å². The van der Waals surface area contributed by atoms with E-state index in [9.17, 15) is 4.79 Å². The second-order valence-electron chi connectivity index (χ2n) is 5.15. The SMILES string of the molecule is COCCCNc1cncc(C2=CC(/C=C/C(=O)O)=CCC2)n1. The molecule has 2 N–H and O–H groups in total. The first-order valence-electron chi connectivity index (χ1n) is 7.56. The largest absolute Gasteiger partial charge is 0.478 e. The highest BCUT2D eigenvalue weighted by Crippen LogP contribution is 2.26. The van der Waals surface area contributed by atoms with E-state index in [4.69, 9.17) is 9.84 Å². The van der Waals surface area contributed by atoms with Crippen LogP contribution in [0.2, 0.25) is 0 Å². The van der Waals surface area contributed by atoms with Crippen molar-refractivity contribution in [3.05, 3.63) is 48.0 Å². The van der Waals surface area contributed by atoms with Gasteiger partial charge in [0.15, 0.2) is 0 Å². The fourth-order valence-electron chi connectivity index (χ4n) is 2.25. The summed E-state index contributed by atoms with van der Waals surface area (Å²) in [6.45, 7) is 1.48. The van der Waals surface area contributed by atoms with Gasteiger partial charge in [-0.25, -0.2) is 9.78 Å². The molecule has 1 aromatic rings. The third-order valence-corrected chi connectivity index (χ3v) is 3.35. The molecule has 23 heavy (non-hydrogen) atoms. The van der Waals surface area contributed by atoms with Crippen LogP contribution in [0, 0.1) is 0 Å². The van der Waals surface area contributed by atoms with E-state index in [1.54, 1.807) is 25.6 Å². The van der Waals surface area contributed by atoms with Crippen molar-refractivity contribution < 1.29 is 14.6 Å². The molecule has 0 unspecified atom stereocenters. The average Bonchev–Trinajstić information content (AvgIpc) is 2.57. The van der Waals surface area contributed by atoms with Gasteiger partial charge in [0.1, 0.15) is 5.82 Å². The van der Waals surface area contributed by atoms with Crippen molar-refractivity contribution in [2.24, 2.45) is 0 Å². The standard InChI is InChI=1S/C17H21N3O3/c1-23-9-3-8-19-16-12-18-11-15(20-16)14-5-2-4-13(10-14)6-7-17(21)22/h4,6-7,10-12H,2-3,5,8-9H2,1H3,(H,19,20)(H,21,22)/b7-6+. The Balaban J connectivity index is 2.06. The Kier molecular flexibility index (Phi) is 6.50. The molecule has 0 amide bonds. The van der Waals surface area contributed by atoms with Gasteiger partial charge in [-0.1, -0.05) is 6.08 Å². The van der Waals surface area contributed by atoms with E-state index in [-0.39, 0.29) is 0 Å². The van der Waals surface area contributed by atoms with Crippen LogP contribution in [0.4, 0.5) is 5.82 Å². The van der Waals surface area contributed by atoms with E-state index in [0.717, 1.165) is 54.5 Å². The van der Waals surface area contributed by atoms with Crippen LogP contribution in [0.25, 0.3) is 5.57 Å². The van der Waals surface area contributed by atoms with Crippen LogP contribution in [-0.2, 0) is 9.53 Å². The molecule has 0 spiro atoms. The zero-order valence-electron chi connectivity index (χ0n) is 13.2. The number of hydrogen-bond donors (Lipinski definition) is 2. The van der Waals surface area contributed by atoms with Crippen LogP contribution in [0.15, 0.2) is 42.3 Å². The number of carboxylic acid groups (broad SMARTS) is 1. The molecule has 122 valence electrons. The van der Waals surface area contributed by atoms with E-state index in [0.29, 0.717) is 6.61 Å². The highest BCUT2D eigenvalue weighted by molar-refractivity contribution is 5.81. The number of allylic oxidation sites excluding steroid dienone is 5. The van der Waals surface area contributed by atoms with Crippen molar-refractivity contribution in [1.82, 2.24) is 9.97 Å². The fraction of sp³-hybridized carbons (Fsp3) is 0.353. The molecule has 1 aliphatic carbocycles. The predicted molar refractivity (Wildman–Crippen MR) is 89.1 cm³/mol. The molecule has 0 aliphatic heterocycles. The summed E-state index contributed by atoms with van der Waals surface area (Å²) in [4.78, 5) is 19.4. The first kappa shape index (κ1) is 16.9. The van der Waals surface area contributed by atoms with Crippen molar-refractivity contribution in [3.63, 3.8) is 0 Å². The zero-order valence-corrected chi connectivity index (χ0v) is 13.2. The third-order valence-electron chi connectivity index (χ3n) is 3.35. The quantitative estimate of drug-likeness (QED) is 0.567. The summed E-state index contributed by atoms with van der Waals surface area (Å²) in [5, 5.41) is 11.9. The first-order valence-corrected chi connectivity index (χ1v) is 7.56. The number of anilines is 1. The number of nitrogens with zero attached hydrogens (tertiary/aromatic N) is 2. The second kappa shape index (κ2) is 8.85. The molecule has 0 atom stereocenters. The number of hydrogen-bond acceptors (Lipinski definition) is 5. The maximum absolute atomic E-state index is 10.6. The number of nitrogens with one attached hydrogen (secondary N) is 1. The first-order chi connectivity index (χ1) is 11.2. The van der Waals surface area contributed by atoms with Crippen LogP contribution in [0.5, 0.6) is 0 Å². The molecule has 0 saturated carbocycles. The lowest BCUT2D eigenvalue weighted by Crippen LogP contribution is -2.07. The Morgan fingerprint density at radius 1 is 1.48 bits per heavy atom. The van der Waals surface area contributed by atoms with Gasteiger partial charge < -0.3 is 15.2 Å². The third kappa shape index (κ3) is 5.67. The minimum Gasteiger partial charge on any atom is -0.478 e. The summed E-state index contributed by atoms with van der Waals surface area (Å²) < 4.78 is 5.01. The van der Waals surface area contributed by atoms with Crippen LogP contribution < -0.4 is 5.32 Å². The summed E-state index contributed by atoms with van der Waals surface area (Å²) in [7, 11) is 1.68. The smallest absolute Gasteiger partial charge is 0.328 e. The van der Waals surface area contributed by atoms with Gasteiger partial charge >= 0.3 is 5.97 Å². The Labute approximate surface area is 135 Å². The van der Waals surface area contributed by atoms with Gasteiger partial charge in [-0.2, -0.15) is 0 Å². The Bertz CT molecular complexity index is 636. The highest BCUT2D eigenvalue weighted by Gasteiger charge is 2.09. The van der Waals surface area contributed by atoms with E-state index in [1.165, 1.54) is 0 Å². The average molecular weight is 315 g/mol. The number of aliphatic carboxylic acids is 1. The fourth-order valence-corrected chi connectivity index (χ4v) is 2.25. The molecule has 0 bridgehead atoms. The molecule has 0 radical (unpaired) electrons. The van der Waals surface area contributed by atoms with Crippen LogP contribution in [0.3, 0.4) is 0 Å². The molecular weight excluding hydrogens is 294 g/mol. The summed E-state index contributed by atoms with van der Waals surface area (Å²) in [6.07, 6.45) is 12.8. The molecule has 1 aromatic heterocycles. The molecule has 6 nitrogen and oxygen atoms in total.